The van der Waals surface area contributed by atoms with Crippen LogP contribution < -0.4 is 0 Å². The van der Waals surface area contributed by atoms with Crippen molar-refractivity contribution in [3.63, 3.8) is 0 Å². The highest BCUT2D eigenvalue weighted by atomic mass is 79.9. The Morgan fingerprint density at radius 3 is 2.44 bits per heavy atom. The van der Waals surface area contributed by atoms with Crippen LogP contribution in [-0.4, -0.2) is 5.11 Å². The first-order valence-electron chi connectivity index (χ1n) is 6.01. The summed E-state index contributed by atoms with van der Waals surface area (Å²) in [6.07, 6.45) is -0.584. The smallest absolute Gasteiger partial charge is 0.105 e. The van der Waals surface area contributed by atoms with E-state index < -0.39 is 6.10 Å². The van der Waals surface area contributed by atoms with Crippen LogP contribution >= 0.6 is 15.9 Å². The Morgan fingerprint density at radius 2 is 1.72 bits per heavy atom. The van der Waals surface area contributed by atoms with Gasteiger partial charge in [-0.05, 0) is 49.1 Å². The van der Waals surface area contributed by atoms with E-state index in [1.807, 2.05) is 37.3 Å². The molecule has 1 nitrogen and oxygen atoms in total. The molecule has 0 aliphatic heterocycles. The van der Waals surface area contributed by atoms with E-state index in [4.69, 9.17) is 0 Å². The van der Waals surface area contributed by atoms with Gasteiger partial charge >= 0.3 is 0 Å². The molecule has 0 aliphatic carbocycles. The Labute approximate surface area is 117 Å². The summed E-state index contributed by atoms with van der Waals surface area (Å²) in [5, 5.41) is 10.6. The largest absolute Gasteiger partial charge is 0.384 e. The van der Waals surface area contributed by atoms with Crippen LogP contribution in [0, 0.1) is 20.8 Å². The fourth-order valence-corrected chi connectivity index (χ4v) is 2.57. The summed E-state index contributed by atoms with van der Waals surface area (Å²) in [5.74, 6) is 0. The van der Waals surface area contributed by atoms with E-state index >= 15 is 0 Å². The normalized spacial score (nSPS) is 12.5. The molecule has 1 unspecified atom stereocenters. The summed E-state index contributed by atoms with van der Waals surface area (Å²) < 4.78 is 0.946. The molecule has 0 spiro atoms. The summed E-state index contributed by atoms with van der Waals surface area (Å²) >= 11 is 3.51. The number of aliphatic hydroxyl groups is 1. The van der Waals surface area contributed by atoms with Crippen LogP contribution in [0.1, 0.15) is 33.9 Å². The Bertz CT molecular complexity index is 573. The van der Waals surface area contributed by atoms with Crippen molar-refractivity contribution in [3.8, 4) is 0 Å². The standard InChI is InChI=1S/C16H17BrO/c1-10-7-8-15(17)14(9-10)16(18)13-6-4-5-11(2)12(13)3/h4-9,16,18H,1-3H3. The highest BCUT2D eigenvalue weighted by Gasteiger charge is 2.16. The van der Waals surface area contributed by atoms with Crippen LogP contribution in [0.3, 0.4) is 0 Å². The van der Waals surface area contributed by atoms with Crippen LogP contribution in [0.5, 0.6) is 0 Å². The molecule has 18 heavy (non-hydrogen) atoms. The quantitative estimate of drug-likeness (QED) is 0.868. The molecule has 0 saturated heterocycles. The van der Waals surface area contributed by atoms with Crippen LogP contribution in [0.15, 0.2) is 40.9 Å². The molecule has 0 fully saturated rings. The van der Waals surface area contributed by atoms with Gasteiger partial charge in [0, 0.05) is 4.47 Å². The fourth-order valence-electron chi connectivity index (χ4n) is 2.11. The molecule has 0 saturated carbocycles. The molecule has 1 N–H and O–H groups in total. The van der Waals surface area contributed by atoms with E-state index in [1.165, 1.54) is 5.56 Å². The number of aryl methyl sites for hydroxylation is 2. The van der Waals surface area contributed by atoms with Crippen molar-refractivity contribution in [1.29, 1.82) is 0 Å². The maximum atomic E-state index is 10.6. The van der Waals surface area contributed by atoms with Crippen molar-refractivity contribution >= 4 is 15.9 Å². The Morgan fingerprint density at radius 1 is 1.00 bits per heavy atom. The van der Waals surface area contributed by atoms with Gasteiger partial charge in [0.1, 0.15) is 6.10 Å². The van der Waals surface area contributed by atoms with Crippen LogP contribution in [0.2, 0.25) is 0 Å². The van der Waals surface area contributed by atoms with Gasteiger partial charge in [0.25, 0.3) is 0 Å². The zero-order chi connectivity index (χ0) is 13.3. The van der Waals surface area contributed by atoms with Crippen molar-refractivity contribution in [2.75, 3.05) is 0 Å². The average molecular weight is 305 g/mol. The summed E-state index contributed by atoms with van der Waals surface area (Å²) in [5.41, 5.74) is 5.40. The van der Waals surface area contributed by atoms with Crippen LogP contribution in [0.25, 0.3) is 0 Å². The van der Waals surface area contributed by atoms with E-state index in [-0.39, 0.29) is 0 Å². The highest BCUT2D eigenvalue weighted by molar-refractivity contribution is 9.10. The second-order valence-corrected chi connectivity index (χ2v) is 5.57. The number of benzene rings is 2. The molecule has 2 rings (SSSR count). The zero-order valence-corrected chi connectivity index (χ0v) is 12.5. The molecule has 0 aromatic heterocycles. The van der Waals surface area contributed by atoms with Crippen molar-refractivity contribution in [2.45, 2.75) is 26.9 Å². The molecule has 1 atom stereocenters. The minimum Gasteiger partial charge on any atom is -0.384 e. The minimum atomic E-state index is -0.584. The summed E-state index contributed by atoms with van der Waals surface area (Å²) in [6.45, 7) is 6.15. The van der Waals surface area contributed by atoms with Gasteiger partial charge in [-0.25, -0.2) is 0 Å². The van der Waals surface area contributed by atoms with Gasteiger partial charge in [0.05, 0.1) is 0 Å². The maximum absolute atomic E-state index is 10.6. The third kappa shape index (κ3) is 2.50. The third-order valence-corrected chi connectivity index (χ3v) is 4.11. The lowest BCUT2D eigenvalue weighted by atomic mass is 9.94. The second-order valence-electron chi connectivity index (χ2n) is 4.72. The van der Waals surface area contributed by atoms with Crippen LogP contribution in [-0.2, 0) is 0 Å². The molecule has 94 valence electrons. The van der Waals surface area contributed by atoms with E-state index in [0.29, 0.717) is 0 Å². The first-order chi connectivity index (χ1) is 8.50. The molecule has 0 bridgehead atoms. The van der Waals surface area contributed by atoms with Gasteiger partial charge in [-0.2, -0.15) is 0 Å². The lowest BCUT2D eigenvalue weighted by molar-refractivity contribution is 0.218. The number of hydrogen-bond donors (Lipinski definition) is 1. The highest BCUT2D eigenvalue weighted by Crippen LogP contribution is 2.31. The predicted molar refractivity (Wildman–Crippen MR) is 78.9 cm³/mol. The van der Waals surface area contributed by atoms with Gasteiger partial charge in [-0.1, -0.05) is 51.8 Å². The Balaban J connectivity index is 2.51. The maximum Gasteiger partial charge on any atom is 0.105 e. The Kier molecular flexibility index (Phi) is 3.88. The minimum absolute atomic E-state index is 0.584. The first kappa shape index (κ1) is 13.3. The van der Waals surface area contributed by atoms with Crippen molar-refractivity contribution in [1.82, 2.24) is 0 Å². The van der Waals surface area contributed by atoms with Gasteiger partial charge in [0.15, 0.2) is 0 Å². The monoisotopic (exact) mass is 304 g/mol. The molecular formula is C16H17BrO. The number of rotatable bonds is 2. The predicted octanol–water partition coefficient (Wildman–Crippen LogP) is 4.46. The molecule has 2 aromatic carbocycles. The fraction of sp³-hybridized carbons (Fsp3) is 0.250. The van der Waals surface area contributed by atoms with Crippen molar-refractivity contribution in [3.05, 3.63) is 68.7 Å². The topological polar surface area (TPSA) is 20.2 Å². The average Bonchev–Trinajstić information content (AvgIpc) is 2.35. The molecule has 0 aliphatic rings. The lowest BCUT2D eigenvalue weighted by Gasteiger charge is -2.17. The van der Waals surface area contributed by atoms with E-state index in [1.54, 1.807) is 0 Å². The van der Waals surface area contributed by atoms with Gasteiger partial charge in [0.2, 0.25) is 0 Å². The van der Waals surface area contributed by atoms with E-state index in [9.17, 15) is 5.11 Å². The second kappa shape index (κ2) is 5.25. The van der Waals surface area contributed by atoms with Gasteiger partial charge < -0.3 is 5.11 Å². The molecule has 0 heterocycles. The lowest BCUT2D eigenvalue weighted by Crippen LogP contribution is -2.04. The van der Waals surface area contributed by atoms with Crippen molar-refractivity contribution < 1.29 is 5.11 Å². The molecular weight excluding hydrogens is 288 g/mol. The first-order valence-corrected chi connectivity index (χ1v) is 6.80. The Hall–Kier alpha value is -1.12. The van der Waals surface area contributed by atoms with E-state index in [2.05, 4.69) is 35.8 Å². The van der Waals surface area contributed by atoms with Gasteiger partial charge in [-0.3, -0.25) is 0 Å². The summed E-state index contributed by atoms with van der Waals surface area (Å²) in [7, 11) is 0. The zero-order valence-electron chi connectivity index (χ0n) is 10.9. The van der Waals surface area contributed by atoms with Crippen molar-refractivity contribution in [2.24, 2.45) is 0 Å². The molecule has 0 radical (unpaired) electrons. The summed E-state index contributed by atoms with van der Waals surface area (Å²) in [6, 6.07) is 12.1. The molecule has 2 aromatic rings. The number of halogens is 1. The molecule has 2 heteroatoms. The molecule has 0 amide bonds. The van der Waals surface area contributed by atoms with Crippen LogP contribution in [0.4, 0.5) is 0 Å². The third-order valence-electron chi connectivity index (χ3n) is 3.39. The number of hydrogen-bond acceptors (Lipinski definition) is 1. The SMILES string of the molecule is Cc1ccc(Br)c(C(O)c2cccc(C)c2C)c1. The summed E-state index contributed by atoms with van der Waals surface area (Å²) in [4.78, 5) is 0. The van der Waals surface area contributed by atoms with E-state index in [0.717, 1.165) is 26.7 Å². The van der Waals surface area contributed by atoms with Gasteiger partial charge in [-0.15, -0.1) is 0 Å². The number of aliphatic hydroxyl groups excluding tert-OH is 1.